The van der Waals surface area contributed by atoms with Gasteiger partial charge in [0.1, 0.15) is 22.9 Å². The van der Waals surface area contributed by atoms with Crippen molar-refractivity contribution in [3.05, 3.63) is 35.5 Å². The molecule has 94 valence electrons. The molecule has 0 fully saturated rings. The van der Waals surface area contributed by atoms with Crippen molar-refractivity contribution in [1.82, 2.24) is 10.3 Å². The molecule has 1 heterocycles. The average Bonchev–Trinajstić information content (AvgIpc) is 2.39. The van der Waals surface area contributed by atoms with Gasteiger partial charge < -0.3 is 10.4 Å². The Labute approximate surface area is 110 Å². The van der Waals surface area contributed by atoms with Crippen LogP contribution in [0.5, 0.6) is 5.75 Å². The Hall–Kier alpha value is -1.75. The Morgan fingerprint density at radius 2 is 2.17 bits per heavy atom. The van der Waals surface area contributed by atoms with Crippen LogP contribution in [-0.4, -0.2) is 21.6 Å². The number of aromatic hydroxyl groups is 1. The molecule has 2 N–H and O–H groups in total. The number of thiocarbonyl (C=S) groups is 1. The maximum atomic E-state index is 12.6. The van der Waals surface area contributed by atoms with Crippen LogP contribution in [0.3, 0.4) is 0 Å². The van der Waals surface area contributed by atoms with Crippen LogP contribution in [0, 0.1) is 0 Å². The van der Waals surface area contributed by atoms with Crippen LogP contribution >= 0.6 is 12.2 Å². The van der Waals surface area contributed by atoms with Crippen molar-refractivity contribution in [2.45, 2.75) is 13.6 Å². The lowest BCUT2D eigenvalue weighted by Gasteiger charge is -2.10. The molecule has 0 aliphatic heterocycles. The fourth-order valence-corrected chi connectivity index (χ4v) is 2.09. The predicted molar refractivity (Wildman–Crippen MR) is 73.6 cm³/mol. The number of nitrogens with zero attached hydrogens (tertiary/aromatic N) is 1. The van der Waals surface area contributed by atoms with Gasteiger partial charge >= 0.3 is 0 Å². The van der Waals surface area contributed by atoms with E-state index in [1.807, 2.05) is 6.92 Å². The van der Waals surface area contributed by atoms with E-state index in [0.29, 0.717) is 16.2 Å². The molecule has 0 aliphatic carbocycles. The topological polar surface area (TPSA) is 45.1 Å². The van der Waals surface area contributed by atoms with Gasteiger partial charge in [0, 0.05) is 17.5 Å². The maximum absolute atomic E-state index is 12.6. The second-order valence-electron chi connectivity index (χ2n) is 3.82. The highest BCUT2D eigenvalue weighted by Crippen LogP contribution is 2.26. The van der Waals surface area contributed by atoms with E-state index in [9.17, 15) is 9.50 Å². The summed E-state index contributed by atoms with van der Waals surface area (Å²) in [5.74, 6) is 0.0309. The summed E-state index contributed by atoms with van der Waals surface area (Å²) in [6.07, 6.45) is 0. The van der Waals surface area contributed by atoms with Gasteiger partial charge in [-0.3, -0.25) is 0 Å². The first-order valence-electron chi connectivity index (χ1n) is 5.63. The number of hydrogen-bond donors (Lipinski definition) is 2. The molecule has 3 nitrogen and oxygen atoms in total. The second kappa shape index (κ2) is 5.27. The molecule has 2 aromatic rings. The summed E-state index contributed by atoms with van der Waals surface area (Å²) in [6.45, 7) is 2.02. The number of halogens is 1. The Morgan fingerprint density at radius 3 is 2.83 bits per heavy atom. The van der Waals surface area contributed by atoms with E-state index >= 15 is 0 Å². The fourth-order valence-electron chi connectivity index (χ4n) is 1.77. The SMILES string of the molecule is CCNC(=S)c1ccc(O)c2nc(CF)ccc12. The smallest absolute Gasteiger partial charge is 0.141 e. The Morgan fingerprint density at radius 1 is 1.39 bits per heavy atom. The van der Waals surface area contributed by atoms with Crippen LogP contribution in [0.1, 0.15) is 18.2 Å². The minimum Gasteiger partial charge on any atom is -0.506 e. The van der Waals surface area contributed by atoms with E-state index in [2.05, 4.69) is 10.3 Å². The molecule has 0 atom stereocenters. The molecule has 0 spiro atoms. The van der Waals surface area contributed by atoms with E-state index in [4.69, 9.17) is 12.2 Å². The molecule has 2 rings (SSSR count). The summed E-state index contributed by atoms with van der Waals surface area (Å²) in [7, 11) is 0. The van der Waals surface area contributed by atoms with Crippen molar-refractivity contribution in [3.8, 4) is 5.75 Å². The molecule has 18 heavy (non-hydrogen) atoms. The molecule has 1 aromatic heterocycles. The summed E-state index contributed by atoms with van der Waals surface area (Å²) >= 11 is 5.26. The third kappa shape index (κ3) is 2.26. The number of fused-ring (bicyclic) bond motifs is 1. The first kappa shape index (κ1) is 12.7. The standard InChI is InChI=1S/C13H13FN2OS/c1-2-15-13(18)10-5-6-11(17)12-9(10)4-3-8(7-14)16-12/h3-6,17H,2,7H2,1H3,(H,15,18). The fraction of sp³-hybridized carbons (Fsp3) is 0.231. The van der Waals surface area contributed by atoms with Gasteiger partial charge in [-0.25, -0.2) is 9.37 Å². The van der Waals surface area contributed by atoms with Crippen molar-refractivity contribution in [3.63, 3.8) is 0 Å². The number of phenolic OH excluding ortho intramolecular Hbond substituents is 1. The summed E-state index contributed by atoms with van der Waals surface area (Å²) in [5, 5.41) is 13.5. The molecule has 0 radical (unpaired) electrons. The molecule has 5 heteroatoms. The van der Waals surface area contributed by atoms with Crippen LogP contribution in [-0.2, 0) is 6.67 Å². The van der Waals surface area contributed by atoms with E-state index in [1.54, 1.807) is 18.2 Å². The highest BCUT2D eigenvalue weighted by atomic mass is 32.1. The largest absolute Gasteiger partial charge is 0.506 e. The zero-order valence-electron chi connectivity index (χ0n) is 9.90. The Bertz CT molecular complexity index is 601. The van der Waals surface area contributed by atoms with Crippen LogP contribution in [0.25, 0.3) is 10.9 Å². The van der Waals surface area contributed by atoms with Gasteiger partial charge in [0.15, 0.2) is 0 Å². The maximum Gasteiger partial charge on any atom is 0.141 e. The lowest BCUT2D eigenvalue weighted by atomic mass is 10.1. The molecule has 0 bridgehead atoms. The van der Waals surface area contributed by atoms with Crippen molar-refractivity contribution in [2.24, 2.45) is 0 Å². The molecule has 0 saturated carbocycles. The number of alkyl halides is 1. The summed E-state index contributed by atoms with van der Waals surface area (Å²) in [6, 6.07) is 6.59. The van der Waals surface area contributed by atoms with E-state index < -0.39 is 6.67 Å². The van der Waals surface area contributed by atoms with E-state index in [1.165, 1.54) is 6.07 Å². The first-order valence-corrected chi connectivity index (χ1v) is 6.04. The van der Waals surface area contributed by atoms with E-state index in [-0.39, 0.29) is 5.75 Å². The minimum atomic E-state index is -0.655. The van der Waals surface area contributed by atoms with Gasteiger partial charge in [-0.2, -0.15) is 0 Å². The highest BCUT2D eigenvalue weighted by molar-refractivity contribution is 7.80. The van der Waals surface area contributed by atoms with Gasteiger partial charge in [0.25, 0.3) is 0 Å². The molecule has 0 aliphatic rings. The van der Waals surface area contributed by atoms with E-state index in [0.717, 1.165) is 17.5 Å². The molecule has 0 saturated heterocycles. The van der Waals surface area contributed by atoms with Gasteiger partial charge in [0.05, 0.1) is 5.69 Å². The third-order valence-corrected chi connectivity index (χ3v) is 2.98. The van der Waals surface area contributed by atoms with Gasteiger partial charge in [-0.1, -0.05) is 18.3 Å². The van der Waals surface area contributed by atoms with Crippen molar-refractivity contribution < 1.29 is 9.50 Å². The Kier molecular flexibility index (Phi) is 3.72. The predicted octanol–water partition coefficient (Wildman–Crippen LogP) is 2.69. The highest BCUT2D eigenvalue weighted by Gasteiger charge is 2.10. The number of aromatic nitrogens is 1. The van der Waals surface area contributed by atoms with Crippen LogP contribution in [0.2, 0.25) is 0 Å². The van der Waals surface area contributed by atoms with Crippen molar-refractivity contribution in [2.75, 3.05) is 6.54 Å². The molecule has 0 amide bonds. The average molecular weight is 264 g/mol. The van der Waals surface area contributed by atoms with Crippen molar-refractivity contribution >= 4 is 28.1 Å². The van der Waals surface area contributed by atoms with Crippen LogP contribution in [0.15, 0.2) is 24.3 Å². The monoisotopic (exact) mass is 264 g/mol. The number of hydrogen-bond acceptors (Lipinski definition) is 3. The quantitative estimate of drug-likeness (QED) is 0.837. The molecule has 1 aromatic carbocycles. The summed E-state index contributed by atoms with van der Waals surface area (Å²) < 4.78 is 12.6. The molecular weight excluding hydrogens is 251 g/mol. The summed E-state index contributed by atoms with van der Waals surface area (Å²) in [4.78, 5) is 4.68. The normalized spacial score (nSPS) is 10.6. The molecule has 0 unspecified atom stereocenters. The first-order chi connectivity index (χ1) is 8.67. The number of pyridine rings is 1. The van der Waals surface area contributed by atoms with Crippen LogP contribution < -0.4 is 5.32 Å². The zero-order chi connectivity index (χ0) is 13.1. The number of phenols is 1. The molecular formula is C13H13FN2OS. The van der Waals surface area contributed by atoms with Gasteiger partial charge in [-0.05, 0) is 25.1 Å². The van der Waals surface area contributed by atoms with Gasteiger partial charge in [-0.15, -0.1) is 0 Å². The van der Waals surface area contributed by atoms with Crippen molar-refractivity contribution in [1.29, 1.82) is 0 Å². The Balaban J connectivity index is 2.63. The lowest BCUT2D eigenvalue weighted by Crippen LogP contribution is -2.21. The third-order valence-electron chi connectivity index (χ3n) is 2.61. The minimum absolute atomic E-state index is 0.0309. The number of nitrogens with one attached hydrogen (secondary N) is 1. The van der Waals surface area contributed by atoms with Crippen LogP contribution in [0.4, 0.5) is 4.39 Å². The zero-order valence-corrected chi connectivity index (χ0v) is 10.7. The second-order valence-corrected chi connectivity index (χ2v) is 4.23. The lowest BCUT2D eigenvalue weighted by molar-refractivity contribution is 0.472. The number of benzene rings is 1. The summed E-state index contributed by atoms with van der Waals surface area (Å²) in [5.41, 5.74) is 1.46. The number of rotatable bonds is 3. The van der Waals surface area contributed by atoms with Gasteiger partial charge in [0.2, 0.25) is 0 Å².